The molecule has 0 radical (unpaired) electrons. The van der Waals surface area contributed by atoms with Crippen molar-refractivity contribution in [3.05, 3.63) is 29.8 Å². The van der Waals surface area contributed by atoms with Gasteiger partial charge >= 0.3 is 0 Å². The van der Waals surface area contributed by atoms with Gasteiger partial charge in [0, 0.05) is 35.3 Å². The predicted molar refractivity (Wildman–Crippen MR) is 90.3 cm³/mol. The molecule has 23 heavy (non-hydrogen) atoms. The van der Waals surface area contributed by atoms with Gasteiger partial charge in [0.05, 0.1) is 0 Å². The highest BCUT2D eigenvalue weighted by Crippen LogP contribution is 2.27. The molecule has 1 aromatic carbocycles. The fourth-order valence-electron chi connectivity index (χ4n) is 3.44. The van der Waals surface area contributed by atoms with Crippen LogP contribution in [0.15, 0.2) is 24.3 Å². The first kappa shape index (κ1) is 16.0. The maximum absolute atomic E-state index is 12.4. The van der Waals surface area contributed by atoms with Crippen molar-refractivity contribution < 1.29 is 9.59 Å². The molecule has 3 rings (SSSR count). The van der Waals surface area contributed by atoms with Crippen LogP contribution in [0.5, 0.6) is 0 Å². The minimum absolute atomic E-state index is 0.0209. The second-order valence-electron chi connectivity index (χ2n) is 7.00. The van der Waals surface area contributed by atoms with Crippen molar-refractivity contribution in [3.8, 4) is 0 Å². The zero-order chi connectivity index (χ0) is 16.4. The van der Waals surface area contributed by atoms with Crippen LogP contribution in [-0.4, -0.2) is 29.9 Å². The highest BCUT2D eigenvalue weighted by atomic mass is 16.2. The van der Waals surface area contributed by atoms with Crippen molar-refractivity contribution in [1.29, 1.82) is 0 Å². The molecule has 0 aliphatic carbocycles. The van der Waals surface area contributed by atoms with E-state index in [1.807, 2.05) is 13.8 Å². The van der Waals surface area contributed by atoms with Crippen molar-refractivity contribution in [1.82, 2.24) is 10.6 Å². The number of hydrogen-bond acceptors (Lipinski definition) is 3. The Kier molecular flexibility index (Phi) is 4.66. The van der Waals surface area contributed by atoms with Gasteiger partial charge in [0.2, 0.25) is 5.91 Å². The van der Waals surface area contributed by atoms with Gasteiger partial charge in [0.1, 0.15) is 0 Å². The summed E-state index contributed by atoms with van der Waals surface area (Å²) in [5, 5.41) is 9.55. The summed E-state index contributed by atoms with van der Waals surface area (Å²) in [4.78, 5) is 24.0. The zero-order valence-electron chi connectivity index (χ0n) is 13.8. The Bertz CT molecular complexity index is 570. The number of hydrogen-bond donors (Lipinski definition) is 3. The Morgan fingerprint density at radius 1 is 1.09 bits per heavy atom. The number of nitrogens with one attached hydrogen (secondary N) is 3. The van der Waals surface area contributed by atoms with E-state index >= 15 is 0 Å². The molecule has 124 valence electrons. The van der Waals surface area contributed by atoms with Crippen LogP contribution in [0.2, 0.25) is 0 Å². The number of piperidine rings is 1. The van der Waals surface area contributed by atoms with Crippen molar-refractivity contribution in [2.45, 2.75) is 57.7 Å². The molecule has 2 amide bonds. The van der Waals surface area contributed by atoms with Crippen LogP contribution in [-0.2, 0) is 4.79 Å². The summed E-state index contributed by atoms with van der Waals surface area (Å²) in [5.74, 6) is -0.112. The monoisotopic (exact) mass is 315 g/mol. The van der Waals surface area contributed by atoms with Gasteiger partial charge in [0.25, 0.3) is 5.91 Å². The number of fused-ring (bicyclic) bond motifs is 2. The summed E-state index contributed by atoms with van der Waals surface area (Å²) < 4.78 is 0. The Balaban J connectivity index is 1.56. The van der Waals surface area contributed by atoms with Gasteiger partial charge in [-0.3, -0.25) is 9.59 Å². The van der Waals surface area contributed by atoms with Gasteiger partial charge in [-0.15, -0.1) is 0 Å². The lowest BCUT2D eigenvalue weighted by Gasteiger charge is -2.29. The molecule has 2 heterocycles. The van der Waals surface area contributed by atoms with E-state index in [9.17, 15) is 9.59 Å². The molecule has 2 bridgehead atoms. The van der Waals surface area contributed by atoms with Crippen molar-refractivity contribution in [2.75, 3.05) is 5.32 Å². The van der Waals surface area contributed by atoms with Gasteiger partial charge in [-0.1, -0.05) is 13.8 Å². The van der Waals surface area contributed by atoms with E-state index in [-0.39, 0.29) is 23.8 Å². The molecule has 5 nitrogen and oxygen atoms in total. The molecule has 2 atom stereocenters. The van der Waals surface area contributed by atoms with E-state index in [2.05, 4.69) is 16.0 Å². The normalized spacial score (nSPS) is 26.1. The molecule has 2 unspecified atom stereocenters. The van der Waals surface area contributed by atoms with Crippen LogP contribution in [0, 0.1) is 5.92 Å². The first-order valence-electron chi connectivity index (χ1n) is 8.49. The molecule has 3 N–H and O–H groups in total. The van der Waals surface area contributed by atoms with Crippen LogP contribution in [0.1, 0.15) is 49.9 Å². The first-order valence-corrected chi connectivity index (χ1v) is 8.49. The topological polar surface area (TPSA) is 70.2 Å². The maximum Gasteiger partial charge on any atom is 0.251 e. The first-order chi connectivity index (χ1) is 11.0. The highest BCUT2D eigenvalue weighted by Gasteiger charge is 2.34. The summed E-state index contributed by atoms with van der Waals surface area (Å²) >= 11 is 0. The lowest BCUT2D eigenvalue weighted by molar-refractivity contribution is -0.118. The lowest BCUT2D eigenvalue weighted by Crippen LogP contribution is -2.48. The molecule has 1 aromatic rings. The van der Waals surface area contributed by atoms with Gasteiger partial charge in [-0.25, -0.2) is 0 Å². The van der Waals surface area contributed by atoms with E-state index < -0.39 is 0 Å². The van der Waals surface area contributed by atoms with Gasteiger partial charge in [-0.2, -0.15) is 0 Å². The number of amides is 2. The summed E-state index contributed by atoms with van der Waals surface area (Å²) in [6, 6.07) is 8.48. The fourth-order valence-corrected chi connectivity index (χ4v) is 3.44. The Hall–Kier alpha value is -1.88. The van der Waals surface area contributed by atoms with Crippen LogP contribution in [0.25, 0.3) is 0 Å². The molecule has 5 heteroatoms. The van der Waals surface area contributed by atoms with Crippen molar-refractivity contribution >= 4 is 17.5 Å². The standard InChI is InChI=1S/C18H25N3O2/c1-11(2)17(22)20-13-5-3-12(4-6-13)18(23)21-16-9-14-7-8-15(10-16)19-14/h3-6,11,14-16,19H,7-10H2,1-2H3,(H,20,22)(H,21,23). The summed E-state index contributed by atoms with van der Waals surface area (Å²) in [7, 11) is 0. The number of rotatable bonds is 4. The second-order valence-corrected chi connectivity index (χ2v) is 7.00. The summed E-state index contributed by atoms with van der Waals surface area (Å²) in [5.41, 5.74) is 1.36. The maximum atomic E-state index is 12.4. The molecule has 2 fully saturated rings. The molecule has 2 aliphatic heterocycles. The van der Waals surface area contributed by atoms with E-state index in [4.69, 9.17) is 0 Å². The fraction of sp³-hybridized carbons (Fsp3) is 0.556. The SMILES string of the molecule is CC(C)C(=O)Nc1ccc(C(=O)NC2CC3CCC(C2)N3)cc1. The van der Waals surface area contributed by atoms with Gasteiger partial charge < -0.3 is 16.0 Å². The zero-order valence-corrected chi connectivity index (χ0v) is 13.8. The van der Waals surface area contributed by atoms with Crippen molar-refractivity contribution in [3.63, 3.8) is 0 Å². The van der Waals surface area contributed by atoms with E-state index in [0.717, 1.165) is 18.5 Å². The van der Waals surface area contributed by atoms with Crippen LogP contribution < -0.4 is 16.0 Å². The summed E-state index contributed by atoms with van der Waals surface area (Å²) in [6.07, 6.45) is 4.48. The largest absolute Gasteiger partial charge is 0.349 e. The Labute approximate surface area is 137 Å². The van der Waals surface area contributed by atoms with Gasteiger partial charge in [0.15, 0.2) is 0 Å². The molecular weight excluding hydrogens is 290 g/mol. The minimum Gasteiger partial charge on any atom is -0.349 e. The molecule has 0 aromatic heterocycles. The smallest absolute Gasteiger partial charge is 0.251 e. The average Bonchev–Trinajstić information content (AvgIpc) is 2.86. The van der Waals surface area contributed by atoms with E-state index in [1.54, 1.807) is 24.3 Å². The number of carbonyl (C=O) groups excluding carboxylic acids is 2. The highest BCUT2D eigenvalue weighted by molar-refractivity contribution is 5.96. The molecule has 0 saturated carbocycles. The number of benzene rings is 1. The number of carbonyl (C=O) groups is 2. The molecule has 0 spiro atoms. The molecule has 2 aliphatic rings. The van der Waals surface area contributed by atoms with Crippen LogP contribution in [0.4, 0.5) is 5.69 Å². The Morgan fingerprint density at radius 2 is 1.70 bits per heavy atom. The quantitative estimate of drug-likeness (QED) is 0.798. The van der Waals surface area contributed by atoms with Crippen LogP contribution >= 0.6 is 0 Å². The average molecular weight is 315 g/mol. The molecule has 2 saturated heterocycles. The van der Waals surface area contributed by atoms with E-state index in [1.165, 1.54) is 12.8 Å². The minimum atomic E-state index is -0.0618. The van der Waals surface area contributed by atoms with E-state index in [0.29, 0.717) is 17.6 Å². The van der Waals surface area contributed by atoms with Crippen molar-refractivity contribution in [2.24, 2.45) is 5.92 Å². The predicted octanol–water partition coefficient (Wildman–Crippen LogP) is 2.29. The van der Waals surface area contributed by atoms with Gasteiger partial charge in [-0.05, 0) is 49.9 Å². The third-order valence-corrected chi connectivity index (χ3v) is 4.75. The summed E-state index contributed by atoms with van der Waals surface area (Å²) in [6.45, 7) is 3.70. The number of anilines is 1. The Morgan fingerprint density at radius 3 is 2.26 bits per heavy atom. The third kappa shape index (κ3) is 3.91. The second kappa shape index (κ2) is 6.71. The third-order valence-electron chi connectivity index (χ3n) is 4.75. The molecular formula is C18H25N3O2. The van der Waals surface area contributed by atoms with Crippen LogP contribution in [0.3, 0.4) is 0 Å². The lowest BCUT2D eigenvalue weighted by atomic mass is 9.99.